The highest BCUT2D eigenvalue weighted by Crippen LogP contribution is 2.26. The number of benzene rings is 2. The lowest BCUT2D eigenvalue weighted by Gasteiger charge is -2.09. The van der Waals surface area contributed by atoms with Crippen LogP contribution in [0.1, 0.15) is 16.1 Å². The number of amides is 1. The van der Waals surface area contributed by atoms with Gasteiger partial charge in [0, 0.05) is 29.2 Å². The van der Waals surface area contributed by atoms with Crippen LogP contribution in [0.3, 0.4) is 0 Å². The minimum absolute atomic E-state index is 0.292. The molecule has 0 spiro atoms. The number of halogens is 1. The highest BCUT2D eigenvalue weighted by atomic mass is 35.5. The van der Waals surface area contributed by atoms with Gasteiger partial charge in [0.25, 0.3) is 5.91 Å². The summed E-state index contributed by atoms with van der Waals surface area (Å²) in [4.78, 5) is 17.5. The summed E-state index contributed by atoms with van der Waals surface area (Å²) < 4.78 is 1.91. The van der Waals surface area contributed by atoms with Crippen LogP contribution in [-0.2, 0) is 7.05 Å². The molecule has 2 aromatic carbocycles. The molecule has 1 amide bonds. The van der Waals surface area contributed by atoms with Crippen molar-refractivity contribution in [2.75, 3.05) is 0 Å². The van der Waals surface area contributed by atoms with Gasteiger partial charge in [-0.2, -0.15) is 5.10 Å². The first-order chi connectivity index (χ1) is 13.6. The number of hydrogen-bond acceptors (Lipinski definition) is 3. The van der Waals surface area contributed by atoms with Crippen molar-refractivity contribution in [1.82, 2.24) is 15.0 Å². The minimum atomic E-state index is -0.292. The molecule has 0 radical (unpaired) electrons. The molecule has 0 unspecified atom stereocenters. The van der Waals surface area contributed by atoms with E-state index in [1.807, 2.05) is 66.3 Å². The summed E-state index contributed by atoms with van der Waals surface area (Å²) in [6, 6.07) is 20.5. The third-order valence-electron chi connectivity index (χ3n) is 4.45. The van der Waals surface area contributed by atoms with Gasteiger partial charge in [0.05, 0.1) is 28.7 Å². The fourth-order valence-electron chi connectivity index (χ4n) is 2.96. The number of rotatable bonds is 4. The maximum absolute atomic E-state index is 12.8. The third kappa shape index (κ3) is 3.66. The molecule has 0 saturated heterocycles. The second-order valence-corrected chi connectivity index (χ2v) is 6.76. The van der Waals surface area contributed by atoms with Gasteiger partial charge in [-0.1, -0.05) is 41.9 Å². The van der Waals surface area contributed by atoms with Crippen LogP contribution < -0.4 is 5.43 Å². The molecule has 0 aliphatic heterocycles. The van der Waals surface area contributed by atoms with E-state index in [0.29, 0.717) is 16.3 Å². The molecule has 0 atom stereocenters. The SMILES string of the molecule is Cn1cccc1/C=N/NC(=O)c1cc(-c2ccc(Cl)cc2)nc2ccccc12. The molecular weight excluding hydrogens is 372 g/mol. The van der Waals surface area contributed by atoms with Crippen LogP contribution in [0.25, 0.3) is 22.2 Å². The lowest BCUT2D eigenvalue weighted by Crippen LogP contribution is -2.18. The van der Waals surface area contributed by atoms with Crippen molar-refractivity contribution in [2.24, 2.45) is 12.1 Å². The summed E-state index contributed by atoms with van der Waals surface area (Å²) in [5, 5.41) is 5.51. The van der Waals surface area contributed by atoms with Crippen molar-refractivity contribution < 1.29 is 4.79 Å². The van der Waals surface area contributed by atoms with E-state index in [2.05, 4.69) is 15.5 Å². The summed E-state index contributed by atoms with van der Waals surface area (Å²) >= 11 is 5.98. The Morgan fingerprint density at radius 2 is 1.89 bits per heavy atom. The average Bonchev–Trinajstić information content (AvgIpc) is 3.12. The lowest BCUT2D eigenvalue weighted by molar-refractivity contribution is 0.0956. The van der Waals surface area contributed by atoms with E-state index in [1.165, 1.54) is 0 Å². The molecule has 1 N–H and O–H groups in total. The van der Waals surface area contributed by atoms with E-state index in [4.69, 9.17) is 11.6 Å². The molecule has 5 nitrogen and oxygen atoms in total. The van der Waals surface area contributed by atoms with E-state index in [1.54, 1.807) is 24.4 Å². The van der Waals surface area contributed by atoms with Crippen molar-refractivity contribution in [3.63, 3.8) is 0 Å². The van der Waals surface area contributed by atoms with E-state index in [-0.39, 0.29) is 5.91 Å². The maximum atomic E-state index is 12.8. The Morgan fingerprint density at radius 1 is 1.11 bits per heavy atom. The lowest BCUT2D eigenvalue weighted by atomic mass is 10.0. The normalized spacial score (nSPS) is 11.2. The molecule has 6 heteroatoms. The number of pyridine rings is 1. The highest BCUT2D eigenvalue weighted by molar-refractivity contribution is 6.30. The Labute approximate surface area is 167 Å². The first kappa shape index (κ1) is 17.9. The second-order valence-electron chi connectivity index (χ2n) is 6.32. The number of nitrogens with zero attached hydrogens (tertiary/aromatic N) is 3. The number of aromatic nitrogens is 2. The topological polar surface area (TPSA) is 59.3 Å². The standard InChI is InChI=1S/C22H17ClN4O/c1-27-12-4-5-17(27)14-24-26-22(28)19-13-21(15-8-10-16(23)11-9-15)25-20-7-3-2-6-18(19)20/h2-14H,1H3,(H,26,28)/b24-14+. The zero-order valence-corrected chi connectivity index (χ0v) is 15.9. The van der Waals surface area contributed by atoms with Crippen LogP contribution in [0.15, 0.2) is 78.0 Å². The molecule has 4 aromatic rings. The third-order valence-corrected chi connectivity index (χ3v) is 4.70. The van der Waals surface area contributed by atoms with Gasteiger partial charge in [-0.15, -0.1) is 0 Å². The fraction of sp³-hybridized carbons (Fsp3) is 0.0455. The molecule has 0 saturated carbocycles. The van der Waals surface area contributed by atoms with Gasteiger partial charge in [-0.3, -0.25) is 4.79 Å². The average molecular weight is 389 g/mol. The Morgan fingerprint density at radius 3 is 2.64 bits per heavy atom. The van der Waals surface area contributed by atoms with E-state index in [9.17, 15) is 4.79 Å². The Kier molecular flexibility index (Phi) is 4.91. The van der Waals surface area contributed by atoms with Crippen molar-refractivity contribution >= 4 is 34.6 Å². The summed E-state index contributed by atoms with van der Waals surface area (Å²) in [5.74, 6) is -0.292. The predicted octanol–water partition coefficient (Wildman–Crippen LogP) is 4.66. The van der Waals surface area contributed by atoms with E-state index >= 15 is 0 Å². The number of aryl methyl sites for hydroxylation is 1. The number of para-hydroxylation sites is 1. The molecule has 2 heterocycles. The van der Waals surface area contributed by atoms with Gasteiger partial charge in [0.2, 0.25) is 0 Å². The number of carbonyl (C=O) groups excluding carboxylic acids is 1. The Balaban J connectivity index is 1.70. The zero-order chi connectivity index (χ0) is 19.5. The van der Waals surface area contributed by atoms with Crippen LogP contribution in [0.5, 0.6) is 0 Å². The zero-order valence-electron chi connectivity index (χ0n) is 15.1. The molecule has 0 fully saturated rings. The van der Waals surface area contributed by atoms with Crippen LogP contribution in [0, 0.1) is 0 Å². The molecule has 2 aromatic heterocycles. The van der Waals surface area contributed by atoms with Gasteiger partial charge in [-0.05, 0) is 36.4 Å². The molecular formula is C22H17ClN4O. The fourth-order valence-corrected chi connectivity index (χ4v) is 3.08. The highest BCUT2D eigenvalue weighted by Gasteiger charge is 2.13. The first-order valence-corrected chi connectivity index (χ1v) is 9.10. The Hall–Kier alpha value is -3.44. The quantitative estimate of drug-likeness (QED) is 0.408. The van der Waals surface area contributed by atoms with Crippen LogP contribution >= 0.6 is 11.6 Å². The van der Waals surface area contributed by atoms with Crippen LogP contribution in [0.4, 0.5) is 0 Å². The molecule has 0 aliphatic rings. The summed E-state index contributed by atoms with van der Waals surface area (Å²) in [6.07, 6.45) is 3.53. The van der Waals surface area contributed by atoms with Gasteiger partial charge in [0.1, 0.15) is 0 Å². The second kappa shape index (κ2) is 7.66. The molecule has 28 heavy (non-hydrogen) atoms. The number of carbonyl (C=O) groups is 1. The van der Waals surface area contributed by atoms with Gasteiger partial charge >= 0.3 is 0 Å². The first-order valence-electron chi connectivity index (χ1n) is 8.72. The van der Waals surface area contributed by atoms with Gasteiger partial charge in [-0.25, -0.2) is 10.4 Å². The summed E-state index contributed by atoms with van der Waals surface area (Å²) in [6.45, 7) is 0. The van der Waals surface area contributed by atoms with Crippen LogP contribution in [-0.4, -0.2) is 21.7 Å². The number of hydrazone groups is 1. The Bertz CT molecular complexity index is 1180. The summed E-state index contributed by atoms with van der Waals surface area (Å²) in [7, 11) is 1.91. The van der Waals surface area contributed by atoms with Crippen LogP contribution in [0.2, 0.25) is 5.02 Å². The largest absolute Gasteiger partial charge is 0.350 e. The number of nitrogens with one attached hydrogen (secondary N) is 1. The predicted molar refractivity (Wildman–Crippen MR) is 113 cm³/mol. The van der Waals surface area contributed by atoms with E-state index in [0.717, 1.165) is 22.2 Å². The van der Waals surface area contributed by atoms with Crippen molar-refractivity contribution in [3.05, 3.63) is 89.2 Å². The maximum Gasteiger partial charge on any atom is 0.272 e. The minimum Gasteiger partial charge on any atom is -0.350 e. The van der Waals surface area contributed by atoms with Gasteiger partial charge in [0.15, 0.2) is 0 Å². The van der Waals surface area contributed by atoms with Crippen molar-refractivity contribution in [3.8, 4) is 11.3 Å². The summed E-state index contributed by atoms with van der Waals surface area (Å²) in [5.41, 5.74) is 6.35. The molecule has 4 rings (SSSR count). The van der Waals surface area contributed by atoms with Crippen molar-refractivity contribution in [2.45, 2.75) is 0 Å². The molecule has 138 valence electrons. The van der Waals surface area contributed by atoms with E-state index < -0.39 is 0 Å². The molecule has 0 aliphatic carbocycles. The number of fused-ring (bicyclic) bond motifs is 1. The van der Waals surface area contributed by atoms with Gasteiger partial charge < -0.3 is 4.57 Å². The molecule has 0 bridgehead atoms. The number of hydrogen-bond donors (Lipinski definition) is 1. The van der Waals surface area contributed by atoms with Crippen molar-refractivity contribution in [1.29, 1.82) is 0 Å². The smallest absolute Gasteiger partial charge is 0.272 e. The monoisotopic (exact) mass is 388 g/mol.